The fourth-order valence-electron chi connectivity index (χ4n) is 1.27. The molecule has 0 bridgehead atoms. The predicted octanol–water partition coefficient (Wildman–Crippen LogP) is 2.78. The Hall–Kier alpha value is -0.380. The summed E-state index contributed by atoms with van der Waals surface area (Å²) in [6.45, 7) is 3.77. The second-order valence-electron chi connectivity index (χ2n) is 4.16. The van der Waals surface area contributed by atoms with E-state index in [2.05, 4.69) is 15.9 Å². The van der Waals surface area contributed by atoms with Crippen molar-refractivity contribution in [2.75, 3.05) is 7.11 Å². The van der Waals surface area contributed by atoms with Crippen LogP contribution >= 0.6 is 15.9 Å². The first-order valence-corrected chi connectivity index (χ1v) is 5.72. The van der Waals surface area contributed by atoms with Crippen LogP contribution in [0.3, 0.4) is 0 Å². The fraction of sp³-hybridized carbons (Fsp3) is 0.500. The highest BCUT2D eigenvalue weighted by Gasteiger charge is 2.27. The molecule has 2 nitrogen and oxygen atoms in total. The van der Waals surface area contributed by atoms with Crippen molar-refractivity contribution in [2.24, 2.45) is 0 Å². The highest BCUT2D eigenvalue weighted by molar-refractivity contribution is 9.10. The SMILES string of the molecule is COC(C)(C)C(O)Cc1cccc(Br)c1. The van der Waals surface area contributed by atoms with E-state index in [4.69, 9.17) is 4.74 Å². The Morgan fingerprint density at radius 1 is 1.47 bits per heavy atom. The molecule has 0 radical (unpaired) electrons. The van der Waals surface area contributed by atoms with Crippen LogP contribution in [0.4, 0.5) is 0 Å². The quantitative estimate of drug-likeness (QED) is 0.914. The summed E-state index contributed by atoms with van der Waals surface area (Å²) in [6, 6.07) is 7.94. The Bertz CT molecular complexity index is 323. The number of benzene rings is 1. The smallest absolute Gasteiger partial charge is 0.0883 e. The summed E-state index contributed by atoms with van der Waals surface area (Å²) >= 11 is 3.41. The summed E-state index contributed by atoms with van der Waals surface area (Å²) in [5, 5.41) is 9.98. The first-order valence-electron chi connectivity index (χ1n) is 4.93. The standard InChI is InChI=1S/C12H17BrO2/c1-12(2,15-3)11(14)8-9-5-4-6-10(13)7-9/h4-7,11,14H,8H2,1-3H3. The van der Waals surface area contributed by atoms with Crippen LogP contribution in [0.2, 0.25) is 0 Å². The third-order valence-corrected chi connectivity index (χ3v) is 3.14. The number of ether oxygens (including phenoxy) is 1. The zero-order chi connectivity index (χ0) is 11.5. The molecule has 84 valence electrons. The first kappa shape index (κ1) is 12.7. The van der Waals surface area contributed by atoms with Crippen molar-refractivity contribution in [2.45, 2.75) is 32.0 Å². The molecular formula is C12H17BrO2. The molecule has 0 aliphatic rings. The van der Waals surface area contributed by atoms with E-state index in [1.807, 2.05) is 38.1 Å². The molecule has 1 atom stereocenters. The molecule has 0 saturated carbocycles. The second kappa shape index (κ2) is 5.10. The van der Waals surface area contributed by atoms with Crippen molar-refractivity contribution in [3.05, 3.63) is 34.3 Å². The minimum Gasteiger partial charge on any atom is -0.390 e. The first-order chi connectivity index (χ1) is 6.95. The topological polar surface area (TPSA) is 29.5 Å². The minimum absolute atomic E-state index is 0.503. The van der Waals surface area contributed by atoms with Gasteiger partial charge in [-0.3, -0.25) is 0 Å². The molecule has 1 aromatic carbocycles. The molecule has 1 aromatic rings. The monoisotopic (exact) mass is 272 g/mol. The van der Waals surface area contributed by atoms with Gasteiger partial charge in [-0.05, 0) is 31.5 Å². The number of methoxy groups -OCH3 is 1. The normalized spacial score (nSPS) is 13.9. The molecular weight excluding hydrogens is 256 g/mol. The van der Waals surface area contributed by atoms with E-state index in [0.29, 0.717) is 6.42 Å². The Morgan fingerprint density at radius 3 is 2.67 bits per heavy atom. The summed E-state index contributed by atoms with van der Waals surface area (Å²) in [4.78, 5) is 0. The van der Waals surface area contributed by atoms with Crippen LogP contribution in [-0.2, 0) is 11.2 Å². The third kappa shape index (κ3) is 3.59. The molecule has 3 heteroatoms. The molecule has 0 saturated heterocycles. The van der Waals surface area contributed by atoms with Crippen molar-refractivity contribution in [1.29, 1.82) is 0 Å². The van der Waals surface area contributed by atoms with Crippen LogP contribution in [0.5, 0.6) is 0 Å². The van der Waals surface area contributed by atoms with Crippen LogP contribution in [0.15, 0.2) is 28.7 Å². The van der Waals surface area contributed by atoms with Gasteiger partial charge in [0.05, 0.1) is 11.7 Å². The van der Waals surface area contributed by atoms with Gasteiger partial charge in [0.15, 0.2) is 0 Å². The Morgan fingerprint density at radius 2 is 2.13 bits per heavy atom. The molecule has 1 unspecified atom stereocenters. The van der Waals surface area contributed by atoms with E-state index < -0.39 is 11.7 Å². The molecule has 0 spiro atoms. The van der Waals surface area contributed by atoms with Gasteiger partial charge in [-0.15, -0.1) is 0 Å². The van der Waals surface area contributed by atoms with Gasteiger partial charge in [0.2, 0.25) is 0 Å². The maximum Gasteiger partial charge on any atom is 0.0883 e. The van der Waals surface area contributed by atoms with Crippen molar-refractivity contribution in [1.82, 2.24) is 0 Å². The Balaban J connectivity index is 2.70. The van der Waals surface area contributed by atoms with Gasteiger partial charge >= 0.3 is 0 Å². The summed E-state index contributed by atoms with van der Waals surface area (Å²) < 4.78 is 6.27. The average molecular weight is 273 g/mol. The molecule has 1 N–H and O–H groups in total. The molecule has 0 aromatic heterocycles. The van der Waals surface area contributed by atoms with Gasteiger partial charge in [-0.2, -0.15) is 0 Å². The highest BCUT2D eigenvalue weighted by atomic mass is 79.9. The number of hydrogen-bond donors (Lipinski definition) is 1. The summed E-state index contributed by atoms with van der Waals surface area (Å²) in [6.07, 6.45) is 0.0945. The molecule has 0 heterocycles. The van der Waals surface area contributed by atoms with E-state index in [1.165, 1.54) is 0 Å². The van der Waals surface area contributed by atoms with Gasteiger partial charge < -0.3 is 9.84 Å². The molecule has 1 rings (SSSR count). The zero-order valence-corrected chi connectivity index (χ0v) is 10.9. The van der Waals surface area contributed by atoms with E-state index in [1.54, 1.807) is 7.11 Å². The lowest BCUT2D eigenvalue weighted by Crippen LogP contribution is -2.39. The lowest BCUT2D eigenvalue weighted by Gasteiger charge is -2.29. The van der Waals surface area contributed by atoms with Crippen molar-refractivity contribution in [3.8, 4) is 0 Å². The molecule has 0 amide bonds. The Kier molecular flexibility index (Phi) is 4.32. The van der Waals surface area contributed by atoms with Crippen molar-refractivity contribution >= 4 is 15.9 Å². The summed E-state index contributed by atoms with van der Waals surface area (Å²) in [7, 11) is 1.62. The van der Waals surface area contributed by atoms with Gasteiger partial charge in [0, 0.05) is 18.0 Å². The van der Waals surface area contributed by atoms with E-state index >= 15 is 0 Å². The van der Waals surface area contributed by atoms with Gasteiger partial charge in [0.1, 0.15) is 0 Å². The molecule has 15 heavy (non-hydrogen) atoms. The number of rotatable bonds is 4. The fourth-order valence-corrected chi connectivity index (χ4v) is 1.72. The predicted molar refractivity (Wildman–Crippen MR) is 64.9 cm³/mol. The summed E-state index contributed by atoms with van der Waals surface area (Å²) in [5.41, 5.74) is 0.587. The maximum absolute atomic E-state index is 9.98. The lowest BCUT2D eigenvalue weighted by atomic mass is 9.95. The van der Waals surface area contributed by atoms with Crippen LogP contribution in [0, 0.1) is 0 Å². The van der Waals surface area contributed by atoms with Crippen molar-refractivity contribution < 1.29 is 9.84 Å². The van der Waals surface area contributed by atoms with Gasteiger partial charge in [-0.1, -0.05) is 28.1 Å². The van der Waals surface area contributed by atoms with Crippen LogP contribution in [0.1, 0.15) is 19.4 Å². The van der Waals surface area contributed by atoms with Crippen molar-refractivity contribution in [3.63, 3.8) is 0 Å². The maximum atomic E-state index is 9.98. The summed E-state index contributed by atoms with van der Waals surface area (Å²) in [5.74, 6) is 0. The van der Waals surface area contributed by atoms with Gasteiger partial charge in [-0.25, -0.2) is 0 Å². The third-order valence-electron chi connectivity index (χ3n) is 2.65. The molecule has 0 fully saturated rings. The van der Waals surface area contributed by atoms with E-state index in [9.17, 15) is 5.11 Å². The minimum atomic E-state index is -0.512. The Labute approximate surface area is 99.4 Å². The number of hydrogen-bond acceptors (Lipinski definition) is 2. The van der Waals surface area contributed by atoms with Crippen LogP contribution in [0.25, 0.3) is 0 Å². The van der Waals surface area contributed by atoms with Crippen LogP contribution in [-0.4, -0.2) is 23.9 Å². The largest absolute Gasteiger partial charge is 0.390 e. The average Bonchev–Trinajstić information content (AvgIpc) is 2.17. The van der Waals surface area contributed by atoms with Gasteiger partial charge in [0.25, 0.3) is 0 Å². The highest BCUT2D eigenvalue weighted by Crippen LogP contribution is 2.19. The second-order valence-corrected chi connectivity index (χ2v) is 5.07. The zero-order valence-electron chi connectivity index (χ0n) is 9.33. The number of halogens is 1. The van der Waals surface area contributed by atoms with Crippen LogP contribution < -0.4 is 0 Å². The number of aliphatic hydroxyl groups excluding tert-OH is 1. The molecule has 0 aliphatic carbocycles. The lowest BCUT2D eigenvalue weighted by molar-refractivity contribution is -0.0765. The van der Waals surface area contributed by atoms with E-state index in [0.717, 1.165) is 10.0 Å². The van der Waals surface area contributed by atoms with E-state index in [-0.39, 0.29) is 0 Å². The number of aliphatic hydroxyl groups is 1. The molecule has 0 aliphatic heterocycles.